The first-order valence-electron chi connectivity index (χ1n) is 15.8. The van der Waals surface area contributed by atoms with E-state index in [2.05, 4.69) is 36.7 Å². The van der Waals surface area contributed by atoms with Crippen molar-refractivity contribution in [2.45, 2.75) is 71.1 Å². The number of piperidine rings is 1. The standard InChI is InChI=1S/C36H41N5O4/c1-22-8-14-26(15-9-22)41-31(20-30(40-41)36(2,3)4)39-35(44)38-25-12-10-23(11-13-25)32(24-16-18-37-19-17-24)34(43)27-21-45-29-7-5-6-28(42)33(27)29/h8-15,20-21,24,32,37H,5-7,16-19H2,1-4H3,(H2,38,39,44). The van der Waals surface area contributed by atoms with Crippen molar-refractivity contribution in [3.8, 4) is 5.69 Å². The molecule has 1 unspecified atom stereocenters. The van der Waals surface area contributed by atoms with Crippen molar-refractivity contribution in [2.75, 3.05) is 23.7 Å². The highest BCUT2D eigenvalue weighted by Crippen LogP contribution is 2.37. The number of aryl methyl sites for hydroxylation is 2. The zero-order valence-corrected chi connectivity index (χ0v) is 26.4. The Morgan fingerprint density at radius 1 is 1.00 bits per heavy atom. The molecule has 2 amide bonds. The average molecular weight is 608 g/mol. The van der Waals surface area contributed by atoms with Gasteiger partial charge in [-0.3, -0.25) is 14.9 Å². The number of anilines is 2. The summed E-state index contributed by atoms with van der Waals surface area (Å²) in [4.78, 5) is 40.1. The number of hydrogen-bond acceptors (Lipinski definition) is 6. The molecule has 1 atom stereocenters. The van der Waals surface area contributed by atoms with Crippen LogP contribution in [0.2, 0.25) is 0 Å². The van der Waals surface area contributed by atoms with Gasteiger partial charge in [0.05, 0.1) is 28.4 Å². The molecule has 1 aliphatic heterocycles. The summed E-state index contributed by atoms with van der Waals surface area (Å²) in [5.74, 6) is 0.825. The zero-order valence-electron chi connectivity index (χ0n) is 26.4. The van der Waals surface area contributed by atoms with Gasteiger partial charge in [-0.25, -0.2) is 9.48 Å². The van der Waals surface area contributed by atoms with E-state index < -0.39 is 11.9 Å². The number of Topliss-reactive ketones (excluding diaryl/α,β-unsaturated/α-hetero) is 2. The van der Waals surface area contributed by atoms with E-state index >= 15 is 0 Å². The monoisotopic (exact) mass is 607 g/mol. The highest BCUT2D eigenvalue weighted by molar-refractivity contribution is 6.12. The second-order valence-corrected chi connectivity index (χ2v) is 13.3. The summed E-state index contributed by atoms with van der Waals surface area (Å²) in [6.45, 7) is 9.96. The summed E-state index contributed by atoms with van der Waals surface area (Å²) in [5.41, 5.74) is 4.98. The second kappa shape index (κ2) is 12.5. The number of aromatic nitrogens is 2. The van der Waals surface area contributed by atoms with Gasteiger partial charge >= 0.3 is 6.03 Å². The summed E-state index contributed by atoms with van der Waals surface area (Å²) in [7, 11) is 0. The Hall–Kier alpha value is -4.50. The van der Waals surface area contributed by atoms with Crippen LogP contribution in [0.3, 0.4) is 0 Å². The molecule has 9 nitrogen and oxygen atoms in total. The molecule has 2 aliphatic rings. The van der Waals surface area contributed by atoms with Gasteiger partial charge in [0.1, 0.15) is 17.8 Å². The lowest BCUT2D eigenvalue weighted by Crippen LogP contribution is -2.34. The molecule has 45 heavy (non-hydrogen) atoms. The minimum absolute atomic E-state index is 0.0127. The third kappa shape index (κ3) is 6.49. The Kier molecular flexibility index (Phi) is 8.46. The fourth-order valence-electron chi connectivity index (χ4n) is 6.36. The number of carbonyl (C=O) groups is 3. The van der Waals surface area contributed by atoms with Gasteiger partial charge < -0.3 is 15.1 Å². The third-order valence-corrected chi connectivity index (χ3v) is 8.88. The van der Waals surface area contributed by atoms with Gasteiger partial charge in [0, 0.05) is 30.0 Å². The van der Waals surface area contributed by atoms with Gasteiger partial charge in [0.25, 0.3) is 0 Å². The van der Waals surface area contributed by atoms with Crippen LogP contribution in [0.4, 0.5) is 16.3 Å². The normalized spacial score (nSPS) is 16.2. The lowest BCUT2D eigenvalue weighted by Gasteiger charge is -2.30. The van der Waals surface area contributed by atoms with E-state index in [4.69, 9.17) is 9.52 Å². The number of carbonyl (C=O) groups excluding carboxylic acids is 3. The minimum Gasteiger partial charge on any atom is -0.468 e. The van der Waals surface area contributed by atoms with E-state index in [-0.39, 0.29) is 22.9 Å². The van der Waals surface area contributed by atoms with Gasteiger partial charge in [0.15, 0.2) is 11.6 Å². The van der Waals surface area contributed by atoms with Gasteiger partial charge in [0.2, 0.25) is 0 Å². The van der Waals surface area contributed by atoms with Crippen LogP contribution in [0.25, 0.3) is 5.69 Å². The summed E-state index contributed by atoms with van der Waals surface area (Å²) in [6.07, 6.45) is 5.07. The molecule has 1 fully saturated rings. The fourth-order valence-corrected chi connectivity index (χ4v) is 6.36. The first kappa shape index (κ1) is 30.5. The molecule has 4 aromatic rings. The lowest BCUT2D eigenvalue weighted by atomic mass is 9.75. The highest BCUT2D eigenvalue weighted by atomic mass is 16.3. The number of benzene rings is 2. The maximum absolute atomic E-state index is 14.1. The Balaban J connectivity index is 1.22. The predicted octanol–water partition coefficient (Wildman–Crippen LogP) is 7.20. The molecule has 3 N–H and O–H groups in total. The predicted molar refractivity (Wildman–Crippen MR) is 175 cm³/mol. The van der Waals surface area contributed by atoms with Crippen LogP contribution in [0, 0.1) is 12.8 Å². The van der Waals surface area contributed by atoms with Crippen molar-refractivity contribution in [1.29, 1.82) is 0 Å². The van der Waals surface area contributed by atoms with E-state index in [1.54, 1.807) is 4.68 Å². The first-order chi connectivity index (χ1) is 21.6. The van der Waals surface area contributed by atoms with Crippen molar-refractivity contribution >= 4 is 29.1 Å². The topological polar surface area (TPSA) is 118 Å². The number of nitrogens with zero attached hydrogens (tertiary/aromatic N) is 2. The summed E-state index contributed by atoms with van der Waals surface area (Å²) >= 11 is 0. The van der Waals surface area contributed by atoms with E-state index in [0.717, 1.165) is 54.9 Å². The number of nitrogens with one attached hydrogen (secondary N) is 3. The summed E-state index contributed by atoms with van der Waals surface area (Å²) in [6, 6.07) is 16.9. The zero-order chi connectivity index (χ0) is 31.7. The van der Waals surface area contributed by atoms with Crippen LogP contribution in [0.5, 0.6) is 0 Å². The Morgan fingerprint density at radius 3 is 2.40 bits per heavy atom. The number of urea groups is 1. The van der Waals surface area contributed by atoms with Crippen LogP contribution in [0.1, 0.15) is 95.7 Å². The van der Waals surface area contributed by atoms with Crippen LogP contribution in [-0.4, -0.2) is 40.5 Å². The molecule has 3 heterocycles. The van der Waals surface area contributed by atoms with Crippen LogP contribution < -0.4 is 16.0 Å². The van der Waals surface area contributed by atoms with Gasteiger partial charge in [-0.2, -0.15) is 5.10 Å². The highest BCUT2D eigenvalue weighted by Gasteiger charge is 2.36. The number of hydrogen-bond donors (Lipinski definition) is 3. The van der Waals surface area contributed by atoms with Crippen molar-refractivity contribution in [2.24, 2.45) is 5.92 Å². The summed E-state index contributed by atoms with van der Waals surface area (Å²) in [5, 5.41) is 14.1. The number of fused-ring (bicyclic) bond motifs is 1. The maximum Gasteiger partial charge on any atom is 0.324 e. The van der Waals surface area contributed by atoms with E-state index in [1.807, 2.05) is 61.5 Å². The van der Waals surface area contributed by atoms with Crippen molar-refractivity contribution in [3.63, 3.8) is 0 Å². The smallest absolute Gasteiger partial charge is 0.324 e. The van der Waals surface area contributed by atoms with Gasteiger partial charge in [-0.05, 0) is 75.0 Å². The molecule has 6 rings (SSSR count). The Labute approximate surface area is 263 Å². The number of amides is 2. The van der Waals surface area contributed by atoms with Crippen LogP contribution in [-0.2, 0) is 11.8 Å². The average Bonchev–Trinajstić information content (AvgIpc) is 3.65. The largest absolute Gasteiger partial charge is 0.468 e. The van der Waals surface area contributed by atoms with E-state index in [1.165, 1.54) is 6.26 Å². The SMILES string of the molecule is Cc1ccc(-n2nc(C(C)(C)C)cc2NC(=O)Nc2ccc(C(C(=O)c3coc4c3C(=O)CCC4)C3CCNCC3)cc2)cc1. The molecule has 0 radical (unpaired) electrons. The Morgan fingerprint density at radius 2 is 1.71 bits per heavy atom. The van der Waals surface area contributed by atoms with Crippen molar-refractivity contribution in [3.05, 3.63) is 94.6 Å². The lowest BCUT2D eigenvalue weighted by molar-refractivity contribution is 0.0900. The number of ketones is 2. The molecule has 2 aromatic heterocycles. The first-order valence-corrected chi connectivity index (χ1v) is 15.8. The van der Waals surface area contributed by atoms with Gasteiger partial charge in [-0.15, -0.1) is 0 Å². The summed E-state index contributed by atoms with van der Waals surface area (Å²) < 4.78 is 7.46. The molecular formula is C36H41N5O4. The van der Waals surface area contributed by atoms with E-state index in [9.17, 15) is 14.4 Å². The molecule has 2 aromatic carbocycles. The molecule has 0 saturated carbocycles. The molecule has 9 heteroatoms. The molecule has 1 aliphatic carbocycles. The second-order valence-electron chi connectivity index (χ2n) is 13.3. The number of furan rings is 1. The van der Waals surface area contributed by atoms with E-state index in [0.29, 0.717) is 41.2 Å². The molecule has 0 spiro atoms. The molecular weight excluding hydrogens is 566 g/mol. The quantitative estimate of drug-likeness (QED) is 0.191. The fraction of sp³-hybridized carbons (Fsp3) is 0.389. The van der Waals surface area contributed by atoms with Crippen LogP contribution >= 0.6 is 0 Å². The van der Waals surface area contributed by atoms with Crippen molar-refractivity contribution < 1.29 is 18.8 Å². The molecule has 234 valence electrons. The van der Waals surface area contributed by atoms with Crippen molar-refractivity contribution in [1.82, 2.24) is 15.1 Å². The number of rotatable bonds is 7. The Bertz CT molecular complexity index is 1700. The van der Waals surface area contributed by atoms with Crippen LogP contribution in [0.15, 0.2) is 65.3 Å². The molecule has 1 saturated heterocycles. The van der Waals surface area contributed by atoms with Gasteiger partial charge in [-0.1, -0.05) is 50.6 Å². The molecule has 0 bridgehead atoms. The third-order valence-electron chi connectivity index (χ3n) is 8.88. The maximum atomic E-state index is 14.1. The minimum atomic E-state index is -0.411.